The van der Waals surface area contributed by atoms with E-state index in [0.29, 0.717) is 82.9 Å². The van der Waals surface area contributed by atoms with Crippen molar-refractivity contribution < 1.29 is 39.5 Å². The highest BCUT2D eigenvalue weighted by Crippen LogP contribution is 2.37. The van der Waals surface area contributed by atoms with E-state index in [9.17, 15) is 53.9 Å². The van der Waals surface area contributed by atoms with E-state index in [0.717, 1.165) is 69.8 Å². The van der Waals surface area contributed by atoms with Gasteiger partial charge in [0.2, 0.25) is 0 Å². The minimum absolute atomic E-state index is 0.127. The molecule has 0 aliphatic carbocycles. The van der Waals surface area contributed by atoms with Crippen molar-refractivity contribution in [2.75, 3.05) is 17.2 Å². The molecule has 6 aromatic carbocycles. The number of aromatic nitrogens is 9. The number of rotatable bonds is 6. The van der Waals surface area contributed by atoms with Crippen LogP contribution < -0.4 is 33.9 Å². The highest BCUT2D eigenvalue weighted by atomic mass is 19.4. The Morgan fingerprint density at radius 2 is 0.552 bits per heavy atom. The van der Waals surface area contributed by atoms with Crippen molar-refractivity contribution in [3.05, 3.63) is 285 Å². The van der Waals surface area contributed by atoms with Crippen molar-refractivity contribution in [3.63, 3.8) is 0 Å². The summed E-state index contributed by atoms with van der Waals surface area (Å²) in [5, 5.41) is 3.78. The highest BCUT2D eigenvalue weighted by molar-refractivity contribution is 6.08. The number of hydrogen-bond acceptors (Lipinski definition) is 12. The Balaban J connectivity index is 0.000000130. The van der Waals surface area contributed by atoms with Crippen LogP contribution in [-0.4, -0.2) is 43.6 Å². The molecule has 474 valence electrons. The third-order valence-electron chi connectivity index (χ3n) is 15.8. The molecule has 6 N–H and O–H groups in total. The lowest BCUT2D eigenvalue weighted by molar-refractivity contribution is -0.138. The molecular weight excluding hydrogens is 1250 g/mol. The second-order valence-corrected chi connectivity index (χ2v) is 22.0. The molecule has 24 heteroatoms. The molecule has 0 aliphatic rings. The zero-order valence-electron chi connectivity index (χ0n) is 49.4. The highest BCUT2D eigenvalue weighted by Gasteiger charge is 2.33. The van der Waals surface area contributed by atoms with Gasteiger partial charge in [-0.15, -0.1) is 0 Å². The molecule has 0 unspecified atom stereocenters. The molecule has 0 saturated heterocycles. The largest absolute Gasteiger partial charge is 0.416 e. The number of benzene rings is 6. The fourth-order valence-electron chi connectivity index (χ4n) is 11.2. The van der Waals surface area contributed by atoms with E-state index in [1.165, 1.54) is 68.3 Å². The number of pyridine rings is 9. The van der Waals surface area contributed by atoms with Gasteiger partial charge in [0.25, 0.3) is 16.7 Å². The first kappa shape index (κ1) is 62.2. The van der Waals surface area contributed by atoms with Gasteiger partial charge in [-0.05, 0) is 162 Å². The fraction of sp³-hybridized carbons (Fsp3) is 0.0417. The SMILES string of the molecule is Nc1ccc(-c2ccc3ncc4ccc(=O)n(-c5cccc(C(F)(F)F)c5)c4c3c2)cn1.Nc1ccc(-c2ccc3ncc4ccc(=O)n(-c5cccc(C(F)(F)F)c5)c4c3c2)cn1.Nc1ccc(-c2ccc3ncc4ccc(=O)n(-c5cccc(C(F)(F)F)c5)c4c3c2)cn1. The molecule has 15 rings (SSSR count). The summed E-state index contributed by atoms with van der Waals surface area (Å²) in [4.78, 5) is 64.3. The number of nitrogen functional groups attached to an aromatic ring is 3. The van der Waals surface area contributed by atoms with Crippen LogP contribution in [0.5, 0.6) is 0 Å². The quantitative estimate of drug-likeness (QED) is 0.105. The summed E-state index contributed by atoms with van der Waals surface area (Å²) >= 11 is 0. The second-order valence-electron chi connectivity index (χ2n) is 22.0. The van der Waals surface area contributed by atoms with Gasteiger partial charge in [-0.1, -0.05) is 36.4 Å². The maximum atomic E-state index is 13.3. The molecule has 0 bridgehead atoms. The van der Waals surface area contributed by atoms with Gasteiger partial charge >= 0.3 is 18.5 Å². The number of hydrogen-bond donors (Lipinski definition) is 3. The normalized spacial score (nSPS) is 11.8. The van der Waals surface area contributed by atoms with Crippen LogP contribution in [0.4, 0.5) is 57.0 Å². The van der Waals surface area contributed by atoms with Crippen LogP contribution in [0.25, 0.3) is 116 Å². The Morgan fingerprint density at radius 3 is 0.802 bits per heavy atom. The van der Waals surface area contributed by atoms with E-state index in [1.54, 1.807) is 91.8 Å². The van der Waals surface area contributed by atoms with Gasteiger partial charge in [0, 0.05) is 121 Å². The van der Waals surface area contributed by atoms with Gasteiger partial charge in [0.05, 0.1) is 49.8 Å². The average molecular weight is 1300 g/mol. The van der Waals surface area contributed by atoms with Crippen molar-refractivity contribution in [2.45, 2.75) is 18.5 Å². The standard InChI is InChI=1S/3C24H15F3N4O/c3*25-24(26,27)17-2-1-3-18(11-17)31-22(32)9-6-16-13-29-20-7-4-14(10-19(20)23(16)31)15-5-8-21(28)30-12-15/h3*1-13H,(H2,28,30). The Labute approximate surface area is 535 Å². The smallest absolute Gasteiger partial charge is 0.384 e. The molecule has 15 nitrogen and oxygen atoms in total. The number of fused-ring (bicyclic) bond motifs is 9. The second kappa shape index (κ2) is 24.5. The molecule has 0 amide bonds. The van der Waals surface area contributed by atoms with E-state index in [2.05, 4.69) is 29.9 Å². The number of nitrogens with two attached hydrogens (primary N) is 3. The van der Waals surface area contributed by atoms with Crippen LogP contribution in [0.1, 0.15) is 16.7 Å². The summed E-state index contributed by atoms with van der Waals surface area (Å²) in [6.45, 7) is 0. The lowest BCUT2D eigenvalue weighted by Crippen LogP contribution is -2.18. The molecule has 0 fully saturated rings. The van der Waals surface area contributed by atoms with E-state index in [-0.39, 0.29) is 17.1 Å². The van der Waals surface area contributed by atoms with Crippen molar-refractivity contribution in [2.24, 2.45) is 0 Å². The summed E-state index contributed by atoms with van der Waals surface area (Å²) in [6, 6.07) is 50.0. The maximum absolute atomic E-state index is 13.3. The lowest BCUT2D eigenvalue weighted by atomic mass is 10.0. The summed E-state index contributed by atoms with van der Waals surface area (Å²) in [5.74, 6) is 1.17. The van der Waals surface area contributed by atoms with Crippen molar-refractivity contribution in [1.29, 1.82) is 0 Å². The van der Waals surface area contributed by atoms with Crippen molar-refractivity contribution >= 4 is 82.9 Å². The third kappa shape index (κ3) is 12.4. The zero-order chi connectivity index (χ0) is 67.4. The molecule has 0 spiro atoms. The van der Waals surface area contributed by atoms with Crippen LogP contribution in [0.3, 0.4) is 0 Å². The monoisotopic (exact) mass is 1300 g/mol. The van der Waals surface area contributed by atoms with Gasteiger partial charge in [-0.25, -0.2) is 15.0 Å². The Hall–Kier alpha value is -12.6. The molecule has 0 atom stereocenters. The number of nitrogens with zero attached hydrogens (tertiary/aromatic N) is 9. The van der Waals surface area contributed by atoms with Crippen LogP contribution in [0, 0.1) is 0 Å². The molecule has 0 radical (unpaired) electrons. The molecule has 15 aromatic rings. The summed E-state index contributed by atoms with van der Waals surface area (Å²) in [6.07, 6.45) is -3.86. The molecule has 9 heterocycles. The van der Waals surface area contributed by atoms with Gasteiger partial charge in [-0.2, -0.15) is 39.5 Å². The topological polar surface area (TPSA) is 221 Å². The van der Waals surface area contributed by atoms with Gasteiger partial charge in [0.1, 0.15) is 17.5 Å². The Morgan fingerprint density at radius 1 is 0.281 bits per heavy atom. The summed E-state index contributed by atoms with van der Waals surface area (Å²) in [7, 11) is 0. The zero-order valence-corrected chi connectivity index (χ0v) is 49.4. The van der Waals surface area contributed by atoms with Gasteiger partial charge in [-0.3, -0.25) is 43.0 Å². The first-order valence-electron chi connectivity index (χ1n) is 29.0. The van der Waals surface area contributed by atoms with Crippen LogP contribution in [0.15, 0.2) is 252 Å². The first-order valence-corrected chi connectivity index (χ1v) is 29.0. The fourth-order valence-corrected chi connectivity index (χ4v) is 11.2. The Kier molecular flexibility index (Phi) is 15.9. The average Bonchev–Trinajstić information content (AvgIpc) is 0.762. The third-order valence-corrected chi connectivity index (χ3v) is 15.8. The lowest BCUT2D eigenvalue weighted by Gasteiger charge is -2.15. The Bertz CT molecular complexity index is 5180. The van der Waals surface area contributed by atoms with E-state index >= 15 is 0 Å². The van der Waals surface area contributed by atoms with E-state index in [4.69, 9.17) is 17.2 Å². The van der Waals surface area contributed by atoms with E-state index in [1.807, 2.05) is 54.6 Å². The van der Waals surface area contributed by atoms with Crippen molar-refractivity contribution in [3.8, 4) is 50.4 Å². The maximum Gasteiger partial charge on any atom is 0.416 e. The molecule has 0 aliphatic heterocycles. The van der Waals surface area contributed by atoms with Crippen LogP contribution in [0.2, 0.25) is 0 Å². The molecule has 0 saturated carbocycles. The minimum Gasteiger partial charge on any atom is -0.384 e. The molecule has 96 heavy (non-hydrogen) atoms. The first-order chi connectivity index (χ1) is 45.9. The predicted molar refractivity (Wildman–Crippen MR) is 352 cm³/mol. The molecule has 9 aromatic heterocycles. The van der Waals surface area contributed by atoms with Gasteiger partial charge < -0.3 is 17.2 Å². The summed E-state index contributed by atoms with van der Waals surface area (Å²) < 4.78 is 124. The predicted octanol–water partition coefficient (Wildman–Crippen LogP) is 15.6. The summed E-state index contributed by atoms with van der Waals surface area (Å²) in [5.41, 5.74) is 21.7. The van der Waals surface area contributed by atoms with E-state index < -0.39 is 51.9 Å². The minimum atomic E-state index is -4.52. The number of alkyl halides is 9. The number of anilines is 3. The van der Waals surface area contributed by atoms with Gasteiger partial charge in [0.15, 0.2) is 0 Å². The van der Waals surface area contributed by atoms with Crippen LogP contribution >= 0.6 is 0 Å². The number of halogens is 9. The van der Waals surface area contributed by atoms with Crippen LogP contribution in [-0.2, 0) is 18.5 Å². The molecular formula is C72H45F9N12O3. The van der Waals surface area contributed by atoms with Crippen molar-refractivity contribution in [1.82, 2.24) is 43.6 Å².